The maximum Gasteiger partial charge on any atom is 0.0713 e. The van der Waals surface area contributed by atoms with Gasteiger partial charge < -0.3 is 15.9 Å². The number of nitrogens with two attached hydrogens (primary N) is 1. The normalized spacial score (nSPS) is 13.6. The van der Waals surface area contributed by atoms with E-state index in [0.29, 0.717) is 0 Å². The summed E-state index contributed by atoms with van der Waals surface area (Å²) < 4.78 is 0. The summed E-state index contributed by atoms with van der Waals surface area (Å²) in [6, 6.07) is -0.470. The average Bonchev–Trinajstić information content (AvgIpc) is 2.50. The van der Waals surface area contributed by atoms with Crippen molar-refractivity contribution in [3.63, 3.8) is 0 Å². The number of hydrogen-bond donors (Lipinski definition) is 3. The van der Waals surface area contributed by atoms with Crippen LogP contribution in [0.4, 0.5) is 0 Å². The molecule has 0 amide bonds. The first kappa shape index (κ1) is 24.4. The number of halogens is 1. The number of rotatable bonds is 16. The second kappa shape index (κ2) is 19.2. The molecule has 0 saturated carbocycles. The minimum atomic E-state index is -0.539. The standard InChI is InChI=1S/C18H39NO2.ClH/c1-2-3-4-5-6-7-8-9-10-11-12-13-14-15-18(21)17(19)16-20;/h17-18,20-21H,2-16,19H2,1H3;1H/t17-,18+;/m0./s1. The van der Waals surface area contributed by atoms with Gasteiger partial charge in [-0.2, -0.15) is 0 Å². The van der Waals surface area contributed by atoms with E-state index < -0.39 is 12.1 Å². The molecule has 22 heavy (non-hydrogen) atoms. The second-order valence-corrected chi connectivity index (χ2v) is 6.45. The maximum atomic E-state index is 9.61. The van der Waals surface area contributed by atoms with E-state index in [1.165, 1.54) is 77.0 Å². The Labute approximate surface area is 144 Å². The molecule has 0 rings (SSSR count). The third kappa shape index (κ3) is 16.5. The van der Waals surface area contributed by atoms with Gasteiger partial charge in [-0.1, -0.05) is 90.4 Å². The highest BCUT2D eigenvalue weighted by Gasteiger charge is 2.12. The molecule has 0 aliphatic rings. The average molecular weight is 338 g/mol. The fourth-order valence-electron chi connectivity index (χ4n) is 2.71. The van der Waals surface area contributed by atoms with Crippen molar-refractivity contribution in [3.8, 4) is 0 Å². The summed E-state index contributed by atoms with van der Waals surface area (Å²) in [6.45, 7) is 2.14. The molecular weight excluding hydrogens is 298 g/mol. The van der Waals surface area contributed by atoms with Crippen molar-refractivity contribution in [1.29, 1.82) is 0 Å². The van der Waals surface area contributed by atoms with Gasteiger partial charge in [-0.25, -0.2) is 0 Å². The lowest BCUT2D eigenvalue weighted by Crippen LogP contribution is -2.37. The zero-order valence-electron chi connectivity index (χ0n) is 14.6. The van der Waals surface area contributed by atoms with Gasteiger partial charge in [-0.3, -0.25) is 0 Å². The van der Waals surface area contributed by atoms with Gasteiger partial charge in [0.2, 0.25) is 0 Å². The van der Waals surface area contributed by atoms with Crippen LogP contribution >= 0.6 is 12.4 Å². The van der Waals surface area contributed by atoms with E-state index in [4.69, 9.17) is 10.8 Å². The van der Waals surface area contributed by atoms with E-state index in [2.05, 4.69) is 6.92 Å². The Morgan fingerprint density at radius 1 is 0.727 bits per heavy atom. The van der Waals surface area contributed by atoms with Gasteiger partial charge >= 0.3 is 0 Å². The Hall–Kier alpha value is 0.170. The van der Waals surface area contributed by atoms with Crippen molar-refractivity contribution in [3.05, 3.63) is 0 Å². The summed E-state index contributed by atoms with van der Waals surface area (Å²) >= 11 is 0. The Kier molecular flexibility index (Phi) is 21.3. The first-order valence-electron chi connectivity index (χ1n) is 9.26. The molecule has 0 aliphatic heterocycles. The molecule has 4 heteroatoms. The Balaban J connectivity index is 0. The lowest BCUT2D eigenvalue weighted by Gasteiger charge is -2.15. The van der Waals surface area contributed by atoms with Gasteiger partial charge in [-0.05, 0) is 6.42 Å². The highest BCUT2D eigenvalue weighted by atomic mass is 35.5. The molecule has 0 aromatic carbocycles. The quantitative estimate of drug-likeness (QED) is 0.361. The SMILES string of the molecule is CCCCCCCCCCCCCCC[C@@H](O)[C@@H](N)CO.Cl. The third-order valence-corrected chi connectivity index (χ3v) is 4.31. The molecule has 0 saturated heterocycles. The van der Waals surface area contributed by atoms with E-state index in [-0.39, 0.29) is 19.0 Å². The molecule has 0 radical (unpaired) electrons. The van der Waals surface area contributed by atoms with E-state index >= 15 is 0 Å². The van der Waals surface area contributed by atoms with Gasteiger partial charge in [0.15, 0.2) is 0 Å². The Bertz CT molecular complexity index is 206. The first-order chi connectivity index (χ1) is 10.2. The van der Waals surface area contributed by atoms with Crippen LogP contribution in [0.1, 0.15) is 96.8 Å². The van der Waals surface area contributed by atoms with Gasteiger partial charge in [0.05, 0.1) is 18.8 Å². The minimum Gasteiger partial charge on any atom is -0.395 e. The third-order valence-electron chi connectivity index (χ3n) is 4.31. The predicted octanol–water partition coefficient (Wildman–Crippen LogP) is 4.57. The number of aliphatic hydroxyl groups excluding tert-OH is 2. The van der Waals surface area contributed by atoms with E-state index in [0.717, 1.165) is 12.8 Å². The van der Waals surface area contributed by atoms with Crippen LogP contribution in [0.3, 0.4) is 0 Å². The van der Waals surface area contributed by atoms with E-state index in [1.807, 2.05) is 0 Å². The fourth-order valence-corrected chi connectivity index (χ4v) is 2.71. The number of hydrogen-bond acceptors (Lipinski definition) is 3. The summed E-state index contributed by atoms with van der Waals surface area (Å²) in [6.07, 6.45) is 17.5. The van der Waals surface area contributed by atoms with Crippen molar-refractivity contribution >= 4 is 12.4 Å². The topological polar surface area (TPSA) is 66.5 Å². The molecule has 136 valence electrons. The fraction of sp³-hybridized carbons (Fsp3) is 1.00. The van der Waals surface area contributed by atoms with Crippen LogP contribution < -0.4 is 5.73 Å². The first-order valence-corrected chi connectivity index (χ1v) is 9.26. The molecule has 0 aliphatic carbocycles. The molecule has 0 spiro atoms. The monoisotopic (exact) mass is 337 g/mol. The van der Waals surface area contributed by atoms with Gasteiger partial charge in [0.1, 0.15) is 0 Å². The van der Waals surface area contributed by atoms with Crippen LogP contribution in [0.15, 0.2) is 0 Å². The molecule has 4 N–H and O–H groups in total. The summed E-state index contributed by atoms with van der Waals surface area (Å²) in [4.78, 5) is 0. The van der Waals surface area contributed by atoms with Crippen molar-refractivity contribution in [1.82, 2.24) is 0 Å². The molecule has 0 aromatic rings. The van der Waals surface area contributed by atoms with Crippen LogP contribution in [0.2, 0.25) is 0 Å². The van der Waals surface area contributed by atoms with Crippen LogP contribution in [0.25, 0.3) is 0 Å². The van der Waals surface area contributed by atoms with Crippen molar-refractivity contribution in [2.24, 2.45) is 5.73 Å². The highest BCUT2D eigenvalue weighted by Crippen LogP contribution is 2.13. The largest absolute Gasteiger partial charge is 0.395 e. The van der Waals surface area contributed by atoms with Crippen molar-refractivity contribution in [2.75, 3.05) is 6.61 Å². The lowest BCUT2D eigenvalue weighted by molar-refractivity contribution is 0.0990. The van der Waals surface area contributed by atoms with E-state index in [9.17, 15) is 5.11 Å². The second-order valence-electron chi connectivity index (χ2n) is 6.45. The molecule has 0 heterocycles. The minimum absolute atomic E-state index is 0. The Morgan fingerprint density at radius 2 is 1.09 bits per heavy atom. The molecule has 2 atom stereocenters. The summed E-state index contributed by atoms with van der Waals surface area (Å²) in [5.41, 5.74) is 5.56. The summed E-state index contributed by atoms with van der Waals surface area (Å²) in [5.74, 6) is 0. The zero-order valence-corrected chi connectivity index (χ0v) is 15.5. The molecule has 0 fully saturated rings. The summed E-state index contributed by atoms with van der Waals surface area (Å²) in [7, 11) is 0. The van der Waals surface area contributed by atoms with Crippen LogP contribution in [0.5, 0.6) is 0 Å². The molecule has 0 bridgehead atoms. The van der Waals surface area contributed by atoms with E-state index in [1.54, 1.807) is 0 Å². The van der Waals surface area contributed by atoms with Gasteiger partial charge in [-0.15, -0.1) is 12.4 Å². The van der Waals surface area contributed by atoms with Gasteiger partial charge in [0.25, 0.3) is 0 Å². The van der Waals surface area contributed by atoms with Crippen LogP contribution in [-0.4, -0.2) is 29.0 Å². The van der Waals surface area contributed by atoms with Gasteiger partial charge in [0, 0.05) is 0 Å². The molecule has 3 nitrogen and oxygen atoms in total. The van der Waals surface area contributed by atoms with Crippen molar-refractivity contribution < 1.29 is 10.2 Å². The predicted molar refractivity (Wildman–Crippen MR) is 98.6 cm³/mol. The smallest absolute Gasteiger partial charge is 0.0713 e. The van der Waals surface area contributed by atoms with Crippen molar-refractivity contribution in [2.45, 2.75) is 109 Å². The number of aliphatic hydroxyl groups is 2. The molecule has 0 unspecified atom stereocenters. The molecule has 0 aromatic heterocycles. The van der Waals surface area contributed by atoms with Crippen LogP contribution in [-0.2, 0) is 0 Å². The number of unbranched alkanes of at least 4 members (excludes halogenated alkanes) is 12. The summed E-state index contributed by atoms with van der Waals surface area (Å²) in [5, 5.41) is 18.4. The lowest BCUT2D eigenvalue weighted by atomic mass is 10.0. The molecular formula is C18H40ClNO2. The maximum absolute atomic E-state index is 9.61. The van der Waals surface area contributed by atoms with Crippen LogP contribution in [0, 0.1) is 0 Å². The highest BCUT2D eigenvalue weighted by molar-refractivity contribution is 5.85. The zero-order chi connectivity index (χ0) is 15.8. The Morgan fingerprint density at radius 3 is 1.45 bits per heavy atom.